The number of nitrogens with two attached hydrogens (primary N) is 1. The third-order valence-electron chi connectivity index (χ3n) is 3.24. The van der Waals surface area contributed by atoms with Crippen molar-refractivity contribution in [1.82, 2.24) is 5.32 Å². The Morgan fingerprint density at radius 3 is 2.89 bits per heavy atom. The summed E-state index contributed by atoms with van der Waals surface area (Å²) in [5.74, 6) is -1.13. The second-order valence-electron chi connectivity index (χ2n) is 4.69. The van der Waals surface area contributed by atoms with Gasteiger partial charge in [0.15, 0.2) is 0 Å². The van der Waals surface area contributed by atoms with Gasteiger partial charge >= 0.3 is 5.97 Å². The van der Waals surface area contributed by atoms with Gasteiger partial charge in [0.05, 0.1) is 5.56 Å². The number of carbonyl (C=O) groups is 2. The molecule has 1 amide bonds. The van der Waals surface area contributed by atoms with Crippen molar-refractivity contribution in [1.29, 1.82) is 0 Å². The highest BCUT2D eigenvalue weighted by Crippen LogP contribution is 2.24. The molecule has 1 aliphatic heterocycles. The molecule has 1 fully saturated rings. The number of nitrogens with one attached hydrogen (secondary N) is 2. The van der Waals surface area contributed by atoms with E-state index in [2.05, 4.69) is 10.6 Å². The van der Waals surface area contributed by atoms with E-state index in [1.165, 1.54) is 6.07 Å². The fourth-order valence-electron chi connectivity index (χ4n) is 2.17. The Balaban J connectivity index is 2.25. The lowest BCUT2D eigenvalue weighted by atomic mass is 10.0. The SMILES string of the molecule is Cc1cc(NC2CCCNC2=O)cc(C(=O)O)c1N. The van der Waals surface area contributed by atoms with Crippen LogP contribution in [0.4, 0.5) is 11.4 Å². The number of aromatic carboxylic acids is 1. The smallest absolute Gasteiger partial charge is 0.337 e. The van der Waals surface area contributed by atoms with E-state index in [1.54, 1.807) is 13.0 Å². The Hall–Kier alpha value is -2.24. The van der Waals surface area contributed by atoms with Crippen LogP contribution in [0.25, 0.3) is 0 Å². The van der Waals surface area contributed by atoms with E-state index >= 15 is 0 Å². The van der Waals surface area contributed by atoms with Crippen LogP contribution in [0.5, 0.6) is 0 Å². The van der Waals surface area contributed by atoms with E-state index in [9.17, 15) is 9.59 Å². The molecule has 0 radical (unpaired) electrons. The summed E-state index contributed by atoms with van der Waals surface area (Å²) in [6, 6.07) is 2.90. The van der Waals surface area contributed by atoms with Crippen LogP contribution >= 0.6 is 0 Å². The van der Waals surface area contributed by atoms with Crippen LogP contribution in [-0.4, -0.2) is 29.6 Å². The number of hydrogen-bond acceptors (Lipinski definition) is 4. The summed E-state index contributed by atoms with van der Waals surface area (Å²) in [5.41, 5.74) is 7.32. The van der Waals surface area contributed by atoms with Crippen molar-refractivity contribution in [2.75, 3.05) is 17.6 Å². The number of amides is 1. The fraction of sp³-hybridized carbons (Fsp3) is 0.385. The zero-order chi connectivity index (χ0) is 14.0. The number of aryl methyl sites for hydroxylation is 1. The van der Waals surface area contributed by atoms with Gasteiger partial charge in [-0.2, -0.15) is 0 Å². The molecule has 5 N–H and O–H groups in total. The average molecular weight is 263 g/mol. The van der Waals surface area contributed by atoms with Crippen molar-refractivity contribution >= 4 is 23.3 Å². The second-order valence-corrected chi connectivity index (χ2v) is 4.69. The van der Waals surface area contributed by atoms with Gasteiger partial charge in [-0.05, 0) is 37.5 Å². The minimum absolute atomic E-state index is 0.0544. The summed E-state index contributed by atoms with van der Waals surface area (Å²) >= 11 is 0. The minimum Gasteiger partial charge on any atom is -0.478 e. The molecule has 6 nitrogen and oxygen atoms in total. The van der Waals surface area contributed by atoms with Crippen molar-refractivity contribution in [3.8, 4) is 0 Å². The molecule has 1 unspecified atom stereocenters. The molecular formula is C13H17N3O3. The average Bonchev–Trinajstić information content (AvgIpc) is 2.36. The van der Waals surface area contributed by atoms with Crippen molar-refractivity contribution in [2.24, 2.45) is 0 Å². The zero-order valence-corrected chi connectivity index (χ0v) is 10.7. The maximum atomic E-state index is 11.7. The summed E-state index contributed by atoms with van der Waals surface area (Å²) in [7, 11) is 0. The van der Waals surface area contributed by atoms with Crippen molar-refractivity contribution in [3.05, 3.63) is 23.3 Å². The van der Waals surface area contributed by atoms with Crippen LogP contribution in [0, 0.1) is 6.92 Å². The van der Waals surface area contributed by atoms with Gasteiger partial charge in [-0.3, -0.25) is 4.79 Å². The molecule has 0 saturated carbocycles. The third kappa shape index (κ3) is 2.78. The van der Waals surface area contributed by atoms with Gasteiger partial charge in [0.25, 0.3) is 0 Å². The predicted molar refractivity (Wildman–Crippen MR) is 72.2 cm³/mol. The number of nitrogen functional groups attached to an aromatic ring is 1. The van der Waals surface area contributed by atoms with Gasteiger partial charge in [0.1, 0.15) is 6.04 Å². The zero-order valence-electron chi connectivity index (χ0n) is 10.7. The molecule has 2 rings (SSSR count). The Bertz CT molecular complexity index is 528. The summed E-state index contributed by atoms with van der Waals surface area (Å²) < 4.78 is 0. The van der Waals surface area contributed by atoms with Crippen LogP contribution < -0.4 is 16.4 Å². The molecule has 0 spiro atoms. The number of piperidine rings is 1. The van der Waals surface area contributed by atoms with Gasteiger partial charge in [-0.1, -0.05) is 0 Å². The molecular weight excluding hydrogens is 246 g/mol. The topological polar surface area (TPSA) is 104 Å². The quantitative estimate of drug-likeness (QED) is 0.608. The van der Waals surface area contributed by atoms with Gasteiger partial charge < -0.3 is 21.5 Å². The molecule has 6 heteroatoms. The van der Waals surface area contributed by atoms with E-state index in [0.717, 1.165) is 12.8 Å². The van der Waals surface area contributed by atoms with E-state index < -0.39 is 5.97 Å². The highest BCUT2D eigenvalue weighted by molar-refractivity contribution is 5.96. The van der Waals surface area contributed by atoms with Crippen molar-refractivity contribution in [3.63, 3.8) is 0 Å². The first-order chi connectivity index (χ1) is 8.99. The van der Waals surface area contributed by atoms with Crippen molar-refractivity contribution in [2.45, 2.75) is 25.8 Å². The number of carboxylic acid groups (broad SMARTS) is 1. The van der Waals surface area contributed by atoms with Gasteiger partial charge in [0.2, 0.25) is 5.91 Å². The summed E-state index contributed by atoms with van der Waals surface area (Å²) in [4.78, 5) is 22.8. The molecule has 0 aliphatic carbocycles. The highest BCUT2D eigenvalue weighted by atomic mass is 16.4. The number of rotatable bonds is 3. The van der Waals surface area contributed by atoms with Crippen LogP contribution in [0.1, 0.15) is 28.8 Å². The maximum Gasteiger partial charge on any atom is 0.337 e. The lowest BCUT2D eigenvalue weighted by Crippen LogP contribution is -2.44. The first-order valence-electron chi connectivity index (χ1n) is 6.16. The first-order valence-corrected chi connectivity index (χ1v) is 6.16. The van der Waals surface area contributed by atoms with Gasteiger partial charge in [0, 0.05) is 17.9 Å². The Morgan fingerprint density at radius 1 is 1.53 bits per heavy atom. The minimum atomic E-state index is -1.07. The number of hydrogen-bond donors (Lipinski definition) is 4. The van der Waals surface area contributed by atoms with E-state index in [1.807, 2.05) is 0 Å². The fourth-order valence-corrected chi connectivity index (χ4v) is 2.17. The monoisotopic (exact) mass is 263 g/mol. The Morgan fingerprint density at radius 2 is 2.26 bits per heavy atom. The van der Waals surface area contributed by atoms with Gasteiger partial charge in [-0.25, -0.2) is 4.79 Å². The van der Waals surface area contributed by atoms with Crippen molar-refractivity contribution < 1.29 is 14.7 Å². The molecule has 1 aliphatic rings. The third-order valence-corrected chi connectivity index (χ3v) is 3.24. The second kappa shape index (κ2) is 5.17. The standard InChI is InChI=1S/C13H17N3O3/c1-7-5-8(6-9(11(7)14)13(18)19)16-10-3-2-4-15-12(10)17/h5-6,10,16H,2-4,14H2,1H3,(H,15,17)(H,18,19). The van der Waals surface area contributed by atoms with E-state index in [-0.39, 0.29) is 23.2 Å². The highest BCUT2D eigenvalue weighted by Gasteiger charge is 2.22. The lowest BCUT2D eigenvalue weighted by Gasteiger charge is -2.24. The predicted octanol–water partition coefficient (Wildman–Crippen LogP) is 0.966. The first kappa shape index (κ1) is 13.2. The van der Waals surface area contributed by atoms with Gasteiger partial charge in [-0.15, -0.1) is 0 Å². The van der Waals surface area contributed by atoms with Crippen LogP contribution in [0.3, 0.4) is 0 Å². The summed E-state index contributed by atoms with van der Waals surface area (Å²) in [6.07, 6.45) is 1.64. The Kier molecular flexibility index (Phi) is 3.59. The molecule has 1 heterocycles. The number of benzene rings is 1. The summed E-state index contributed by atoms with van der Waals surface area (Å²) in [6.45, 7) is 2.44. The number of carbonyl (C=O) groups excluding carboxylic acids is 1. The molecule has 19 heavy (non-hydrogen) atoms. The number of carboxylic acids is 1. The van der Waals surface area contributed by atoms with Crippen LogP contribution in [0.2, 0.25) is 0 Å². The van der Waals surface area contributed by atoms with E-state index in [0.29, 0.717) is 17.8 Å². The number of anilines is 2. The molecule has 0 bridgehead atoms. The lowest BCUT2D eigenvalue weighted by molar-refractivity contribution is -0.123. The van der Waals surface area contributed by atoms with E-state index in [4.69, 9.17) is 10.8 Å². The largest absolute Gasteiger partial charge is 0.478 e. The van der Waals surface area contributed by atoms with Crippen LogP contribution in [0.15, 0.2) is 12.1 Å². The normalized spacial score (nSPS) is 18.8. The molecule has 1 atom stereocenters. The molecule has 0 aromatic heterocycles. The molecule has 102 valence electrons. The molecule has 1 aromatic rings. The Labute approximate surface area is 111 Å². The molecule has 1 aromatic carbocycles. The molecule has 1 saturated heterocycles. The van der Waals surface area contributed by atoms with Crippen LogP contribution in [-0.2, 0) is 4.79 Å². The maximum absolute atomic E-state index is 11.7. The summed E-state index contributed by atoms with van der Waals surface area (Å²) in [5, 5.41) is 14.9.